The second-order valence-electron chi connectivity index (χ2n) is 12.0. The van der Waals surface area contributed by atoms with Crippen LogP contribution in [0.4, 0.5) is 11.4 Å². The van der Waals surface area contributed by atoms with Crippen LogP contribution in [0.25, 0.3) is 43.4 Å². The maximum atomic E-state index is 2.66. The third kappa shape index (κ3) is 2.65. The zero-order chi connectivity index (χ0) is 24.9. The number of rotatable bonds is 2. The molecule has 0 bridgehead atoms. The second-order valence-corrected chi connectivity index (χ2v) is 12.0. The fourth-order valence-electron chi connectivity index (χ4n) is 7.85. The molecule has 1 nitrogen and oxygen atoms in total. The van der Waals surface area contributed by atoms with Gasteiger partial charge in [-0.2, -0.15) is 0 Å². The first-order chi connectivity index (χ1) is 18.0. The molecule has 8 rings (SSSR count). The van der Waals surface area contributed by atoms with Crippen molar-refractivity contribution in [3.05, 3.63) is 109 Å². The Labute approximate surface area is 218 Å². The number of hydrogen-bond donors (Lipinski definition) is 0. The summed E-state index contributed by atoms with van der Waals surface area (Å²) in [5, 5.41) is 8.11. The first-order valence-electron chi connectivity index (χ1n) is 13.6. The lowest BCUT2D eigenvalue weighted by molar-refractivity contribution is 0.222. The van der Waals surface area contributed by atoms with Crippen molar-refractivity contribution >= 4 is 43.7 Å². The minimum absolute atomic E-state index is 0.0535. The van der Waals surface area contributed by atoms with E-state index in [2.05, 4.69) is 129 Å². The van der Waals surface area contributed by atoms with Gasteiger partial charge < -0.3 is 4.90 Å². The van der Waals surface area contributed by atoms with Gasteiger partial charge >= 0.3 is 0 Å². The van der Waals surface area contributed by atoms with Crippen LogP contribution in [0.2, 0.25) is 0 Å². The van der Waals surface area contributed by atoms with E-state index in [1.54, 1.807) is 0 Å². The minimum Gasteiger partial charge on any atom is -0.334 e. The molecule has 0 saturated heterocycles. The van der Waals surface area contributed by atoms with Crippen molar-refractivity contribution in [2.24, 2.45) is 5.41 Å². The van der Waals surface area contributed by atoms with Crippen LogP contribution in [-0.4, -0.2) is 5.54 Å². The molecule has 2 atom stereocenters. The number of para-hydroxylation sites is 1. The molecule has 180 valence electrons. The van der Waals surface area contributed by atoms with E-state index in [0.717, 1.165) is 0 Å². The van der Waals surface area contributed by atoms with Crippen molar-refractivity contribution in [2.75, 3.05) is 4.90 Å². The van der Waals surface area contributed by atoms with Crippen LogP contribution >= 0.6 is 0 Å². The molecule has 0 radical (unpaired) electrons. The maximum absolute atomic E-state index is 2.66. The van der Waals surface area contributed by atoms with Crippen LogP contribution in [-0.2, 0) is 0 Å². The third-order valence-corrected chi connectivity index (χ3v) is 10.1. The molecule has 2 aliphatic rings. The Balaban J connectivity index is 1.37. The van der Waals surface area contributed by atoms with Crippen molar-refractivity contribution in [3.8, 4) is 11.1 Å². The van der Waals surface area contributed by atoms with E-state index in [4.69, 9.17) is 0 Å². The van der Waals surface area contributed by atoms with Gasteiger partial charge in [-0.3, -0.25) is 0 Å². The van der Waals surface area contributed by atoms with E-state index in [-0.39, 0.29) is 11.0 Å². The molecule has 1 aliphatic heterocycles. The summed E-state index contributed by atoms with van der Waals surface area (Å²) in [6, 6.07) is 38.8. The Morgan fingerprint density at radius 1 is 0.676 bits per heavy atom. The van der Waals surface area contributed by atoms with Gasteiger partial charge in [-0.15, -0.1) is 0 Å². The zero-order valence-electron chi connectivity index (χ0n) is 21.8. The number of fused-ring (bicyclic) bond motifs is 3. The molecule has 1 fully saturated rings. The molecule has 0 aromatic heterocycles. The van der Waals surface area contributed by atoms with Gasteiger partial charge in [0.05, 0.1) is 5.54 Å². The van der Waals surface area contributed by atoms with E-state index in [1.165, 1.54) is 73.2 Å². The predicted molar refractivity (Wildman–Crippen MR) is 158 cm³/mol. The summed E-state index contributed by atoms with van der Waals surface area (Å²) in [6.07, 6.45) is 2.49. The smallest absolute Gasteiger partial charge is 0.0543 e. The fraction of sp³-hybridized carbons (Fsp3) is 0.222. The Kier molecular flexibility index (Phi) is 4.10. The van der Waals surface area contributed by atoms with Gasteiger partial charge in [0.15, 0.2) is 0 Å². The molecule has 37 heavy (non-hydrogen) atoms. The summed E-state index contributed by atoms with van der Waals surface area (Å²) >= 11 is 0. The average Bonchev–Trinajstić information content (AvgIpc) is 3.33. The molecule has 0 spiro atoms. The lowest BCUT2D eigenvalue weighted by Gasteiger charge is -2.47. The van der Waals surface area contributed by atoms with Gasteiger partial charge in [0, 0.05) is 17.3 Å². The number of hydrogen-bond acceptors (Lipinski definition) is 1. The van der Waals surface area contributed by atoms with Crippen LogP contribution in [0.3, 0.4) is 0 Å². The summed E-state index contributed by atoms with van der Waals surface area (Å²) in [5.74, 6) is 0.525. The fourth-order valence-corrected chi connectivity index (χ4v) is 7.85. The van der Waals surface area contributed by atoms with Crippen molar-refractivity contribution in [1.29, 1.82) is 0 Å². The molecule has 0 amide bonds. The molecule has 6 aromatic rings. The van der Waals surface area contributed by atoms with Crippen LogP contribution < -0.4 is 4.90 Å². The van der Waals surface area contributed by atoms with Crippen molar-refractivity contribution in [1.82, 2.24) is 0 Å². The summed E-state index contributed by atoms with van der Waals surface area (Å²) in [7, 11) is 0. The monoisotopic (exact) mass is 477 g/mol. The van der Waals surface area contributed by atoms with Crippen LogP contribution in [0.15, 0.2) is 103 Å². The van der Waals surface area contributed by atoms with E-state index in [0.29, 0.717) is 5.92 Å². The highest BCUT2D eigenvalue weighted by Gasteiger charge is 2.60. The highest BCUT2D eigenvalue weighted by atomic mass is 15.3. The molecular formula is C36H31N. The Morgan fingerprint density at radius 3 is 2.16 bits per heavy atom. The van der Waals surface area contributed by atoms with Gasteiger partial charge in [0.25, 0.3) is 0 Å². The molecule has 0 N–H and O–H groups in total. The maximum Gasteiger partial charge on any atom is 0.0543 e. The molecular weight excluding hydrogens is 446 g/mol. The quantitative estimate of drug-likeness (QED) is 0.224. The number of nitrogens with zero attached hydrogens (tertiary/aromatic N) is 1. The Hall–Kier alpha value is -3.84. The standard InChI is InChI=1S/C36H31N/c1-35(2)21-20-31-30-22-26(16-19-32(30)37(36(31,35)3)27-10-5-4-6-11-27)28-17-14-25-13-12-23-8-7-9-24-15-18-29(28)34(25)33(23)24/h4-19,22,31H,20-21H2,1-3H3. The van der Waals surface area contributed by atoms with Crippen LogP contribution in [0.1, 0.15) is 45.1 Å². The average molecular weight is 478 g/mol. The molecule has 1 heterocycles. The zero-order valence-corrected chi connectivity index (χ0v) is 21.8. The highest BCUT2D eigenvalue weighted by Crippen LogP contribution is 2.65. The van der Waals surface area contributed by atoms with Crippen molar-refractivity contribution < 1.29 is 0 Å². The summed E-state index contributed by atoms with van der Waals surface area (Å²) in [6.45, 7) is 7.45. The highest BCUT2D eigenvalue weighted by molar-refractivity contribution is 6.25. The van der Waals surface area contributed by atoms with Crippen LogP contribution in [0.5, 0.6) is 0 Å². The lowest BCUT2D eigenvalue weighted by atomic mass is 9.72. The largest absolute Gasteiger partial charge is 0.334 e. The first-order valence-corrected chi connectivity index (χ1v) is 13.6. The Bertz CT molecular complexity index is 1810. The van der Waals surface area contributed by atoms with Gasteiger partial charge in [0.2, 0.25) is 0 Å². The minimum atomic E-state index is 0.0535. The van der Waals surface area contributed by atoms with E-state index in [9.17, 15) is 0 Å². The molecule has 1 heteroatoms. The Morgan fingerprint density at radius 2 is 1.38 bits per heavy atom. The summed E-state index contributed by atoms with van der Waals surface area (Å²) in [5.41, 5.74) is 7.15. The molecule has 2 unspecified atom stereocenters. The molecule has 1 saturated carbocycles. The normalized spacial score (nSPS) is 22.2. The van der Waals surface area contributed by atoms with Gasteiger partial charge in [-0.1, -0.05) is 92.7 Å². The number of benzene rings is 6. The molecule has 6 aromatic carbocycles. The van der Waals surface area contributed by atoms with Crippen molar-refractivity contribution in [3.63, 3.8) is 0 Å². The lowest BCUT2D eigenvalue weighted by Crippen LogP contribution is -2.50. The van der Waals surface area contributed by atoms with E-state index in [1.807, 2.05) is 0 Å². The van der Waals surface area contributed by atoms with E-state index >= 15 is 0 Å². The second kappa shape index (κ2) is 7.13. The number of anilines is 2. The third-order valence-electron chi connectivity index (χ3n) is 10.1. The predicted octanol–water partition coefficient (Wildman–Crippen LogP) is 10.1. The van der Waals surface area contributed by atoms with Crippen LogP contribution in [0, 0.1) is 5.41 Å². The van der Waals surface area contributed by atoms with Gasteiger partial charge in [-0.25, -0.2) is 0 Å². The topological polar surface area (TPSA) is 3.24 Å². The van der Waals surface area contributed by atoms with Crippen molar-refractivity contribution in [2.45, 2.75) is 45.1 Å². The summed E-state index contributed by atoms with van der Waals surface area (Å²) < 4.78 is 0. The van der Waals surface area contributed by atoms with Gasteiger partial charge in [-0.05, 0) is 98.5 Å². The summed E-state index contributed by atoms with van der Waals surface area (Å²) in [4.78, 5) is 2.66. The molecule has 1 aliphatic carbocycles. The van der Waals surface area contributed by atoms with Gasteiger partial charge in [0.1, 0.15) is 0 Å². The van der Waals surface area contributed by atoms with E-state index < -0.39 is 0 Å². The first kappa shape index (κ1) is 21.3. The SMILES string of the molecule is CC1(C)CCC2c3cc(-c4ccc5ccc6cccc7ccc4c5c67)ccc3N(c3ccccc3)C21C.